The normalized spacial score (nSPS) is 19.7. The van der Waals surface area contributed by atoms with Gasteiger partial charge in [-0.2, -0.15) is 0 Å². The number of hydrogen-bond acceptors (Lipinski definition) is 4. The molecule has 0 radical (unpaired) electrons. The Hall–Kier alpha value is -2.57. The van der Waals surface area contributed by atoms with Crippen molar-refractivity contribution in [3.05, 3.63) is 65.7 Å². The van der Waals surface area contributed by atoms with E-state index < -0.39 is 0 Å². The van der Waals surface area contributed by atoms with E-state index >= 15 is 0 Å². The molecule has 2 atom stereocenters. The van der Waals surface area contributed by atoms with E-state index in [4.69, 9.17) is 4.74 Å². The minimum Gasteiger partial charge on any atom is -0.492 e. The molecule has 1 fully saturated rings. The van der Waals surface area contributed by atoms with Gasteiger partial charge in [-0.15, -0.1) is 0 Å². The van der Waals surface area contributed by atoms with Gasteiger partial charge in [-0.3, -0.25) is 9.89 Å². The van der Waals surface area contributed by atoms with Gasteiger partial charge in [0.05, 0.1) is 0 Å². The van der Waals surface area contributed by atoms with Crippen LogP contribution in [0.1, 0.15) is 30.9 Å². The third kappa shape index (κ3) is 7.84. The summed E-state index contributed by atoms with van der Waals surface area (Å²) in [6.45, 7) is 6.75. The van der Waals surface area contributed by atoms with Gasteiger partial charge in [0.2, 0.25) is 0 Å². The molecule has 174 valence electrons. The maximum absolute atomic E-state index is 5.86. The minimum absolute atomic E-state index is 0.434. The summed E-state index contributed by atoms with van der Waals surface area (Å²) >= 11 is 0. The van der Waals surface area contributed by atoms with Crippen LogP contribution in [-0.4, -0.2) is 68.7 Å². The molecule has 0 spiro atoms. The average molecular weight is 438 g/mol. The van der Waals surface area contributed by atoms with Crippen LogP contribution in [0.2, 0.25) is 0 Å². The summed E-state index contributed by atoms with van der Waals surface area (Å²) in [6, 6.07) is 20.0. The zero-order valence-electron chi connectivity index (χ0n) is 20.1. The highest BCUT2D eigenvalue weighted by molar-refractivity contribution is 5.80. The van der Waals surface area contributed by atoms with Crippen LogP contribution >= 0.6 is 0 Å². The number of benzene rings is 2. The lowest BCUT2D eigenvalue weighted by atomic mass is 9.97. The highest BCUT2D eigenvalue weighted by atomic mass is 16.5. The maximum Gasteiger partial charge on any atom is 0.191 e. The first-order valence-electron chi connectivity index (χ1n) is 11.6. The number of ether oxygens (including phenoxy) is 1. The van der Waals surface area contributed by atoms with Crippen LogP contribution in [0, 0.1) is 0 Å². The van der Waals surface area contributed by atoms with Crippen molar-refractivity contribution in [3.63, 3.8) is 0 Å². The fourth-order valence-electron chi connectivity index (χ4n) is 4.07. The molecular weight excluding hydrogens is 398 g/mol. The Morgan fingerprint density at radius 2 is 1.91 bits per heavy atom. The Morgan fingerprint density at radius 3 is 2.62 bits per heavy atom. The van der Waals surface area contributed by atoms with Gasteiger partial charge in [-0.05, 0) is 57.1 Å². The van der Waals surface area contributed by atoms with Crippen molar-refractivity contribution in [1.29, 1.82) is 0 Å². The summed E-state index contributed by atoms with van der Waals surface area (Å²) in [6.07, 6.45) is 2.23. The van der Waals surface area contributed by atoms with E-state index in [2.05, 4.69) is 88.9 Å². The molecule has 6 heteroatoms. The molecule has 2 aromatic rings. The van der Waals surface area contributed by atoms with E-state index in [9.17, 15) is 0 Å². The molecule has 32 heavy (non-hydrogen) atoms. The topological polar surface area (TPSA) is 52.1 Å². The number of piperidine rings is 1. The maximum atomic E-state index is 5.86. The third-order valence-electron chi connectivity index (χ3n) is 5.97. The summed E-state index contributed by atoms with van der Waals surface area (Å²) in [5, 5.41) is 7.09. The molecule has 1 heterocycles. The lowest BCUT2D eigenvalue weighted by Crippen LogP contribution is -2.51. The SMILES string of the molecule is CN=C(NCc1cccc(OCCN(C)C)c1)NC1CCN(Cc2ccccc2)C(C)C1. The molecule has 3 rings (SSSR count). The second-order valence-corrected chi connectivity index (χ2v) is 8.90. The predicted octanol–water partition coefficient (Wildman–Crippen LogP) is 3.35. The van der Waals surface area contributed by atoms with Gasteiger partial charge in [-0.25, -0.2) is 0 Å². The fourth-order valence-corrected chi connectivity index (χ4v) is 4.07. The quantitative estimate of drug-likeness (QED) is 0.466. The highest BCUT2D eigenvalue weighted by Gasteiger charge is 2.25. The van der Waals surface area contributed by atoms with Crippen LogP contribution in [0.3, 0.4) is 0 Å². The molecule has 1 aliphatic rings. The molecule has 2 aromatic carbocycles. The molecule has 0 aliphatic carbocycles. The Bertz CT molecular complexity index is 839. The van der Waals surface area contributed by atoms with Gasteiger partial charge in [0.15, 0.2) is 5.96 Å². The van der Waals surface area contributed by atoms with Gasteiger partial charge in [0, 0.05) is 45.3 Å². The van der Waals surface area contributed by atoms with Crippen LogP contribution in [0.4, 0.5) is 0 Å². The first-order valence-corrected chi connectivity index (χ1v) is 11.6. The fraction of sp³-hybridized carbons (Fsp3) is 0.500. The second kappa shape index (κ2) is 12.5. The summed E-state index contributed by atoms with van der Waals surface area (Å²) in [5.41, 5.74) is 2.57. The molecular formula is C26H39N5O. The number of rotatable bonds is 9. The molecule has 0 saturated carbocycles. The number of aliphatic imine (C=N–C) groups is 1. The van der Waals surface area contributed by atoms with E-state index in [0.29, 0.717) is 25.2 Å². The number of likely N-dealkylation sites (tertiary alicyclic amines) is 1. The highest BCUT2D eigenvalue weighted by Crippen LogP contribution is 2.20. The smallest absolute Gasteiger partial charge is 0.191 e. The first-order chi connectivity index (χ1) is 15.5. The number of likely N-dealkylation sites (N-methyl/N-ethyl adjacent to an activating group) is 1. The van der Waals surface area contributed by atoms with Crippen molar-refractivity contribution in [3.8, 4) is 5.75 Å². The first kappa shape index (κ1) is 24.1. The van der Waals surface area contributed by atoms with Crippen molar-refractivity contribution in [2.75, 3.05) is 40.8 Å². The van der Waals surface area contributed by atoms with Gasteiger partial charge in [0.1, 0.15) is 12.4 Å². The summed E-state index contributed by atoms with van der Waals surface area (Å²) in [5.74, 6) is 1.77. The van der Waals surface area contributed by atoms with Crippen molar-refractivity contribution < 1.29 is 4.74 Å². The lowest BCUT2D eigenvalue weighted by Gasteiger charge is -2.38. The van der Waals surface area contributed by atoms with E-state index in [1.165, 1.54) is 11.1 Å². The van der Waals surface area contributed by atoms with Crippen molar-refractivity contribution in [2.24, 2.45) is 4.99 Å². The van der Waals surface area contributed by atoms with Crippen LogP contribution in [0.15, 0.2) is 59.6 Å². The molecule has 6 nitrogen and oxygen atoms in total. The van der Waals surface area contributed by atoms with Gasteiger partial charge in [-0.1, -0.05) is 42.5 Å². The largest absolute Gasteiger partial charge is 0.492 e. The van der Waals surface area contributed by atoms with Crippen LogP contribution < -0.4 is 15.4 Å². The van der Waals surface area contributed by atoms with Gasteiger partial charge < -0.3 is 20.3 Å². The summed E-state index contributed by atoms with van der Waals surface area (Å²) < 4.78 is 5.86. The summed E-state index contributed by atoms with van der Waals surface area (Å²) in [7, 11) is 5.94. The Labute approximate surface area is 193 Å². The van der Waals surface area contributed by atoms with Crippen LogP contribution in [-0.2, 0) is 13.1 Å². The lowest BCUT2D eigenvalue weighted by molar-refractivity contribution is 0.134. The molecule has 0 bridgehead atoms. The predicted molar refractivity (Wildman–Crippen MR) is 133 cm³/mol. The van der Waals surface area contributed by atoms with Crippen LogP contribution in [0.5, 0.6) is 5.75 Å². The summed E-state index contributed by atoms with van der Waals surface area (Å²) in [4.78, 5) is 9.14. The minimum atomic E-state index is 0.434. The molecule has 0 aromatic heterocycles. The van der Waals surface area contributed by atoms with Crippen molar-refractivity contribution in [1.82, 2.24) is 20.4 Å². The van der Waals surface area contributed by atoms with E-state index in [1.807, 2.05) is 19.2 Å². The third-order valence-corrected chi connectivity index (χ3v) is 5.97. The second-order valence-electron chi connectivity index (χ2n) is 8.90. The number of guanidine groups is 1. The van der Waals surface area contributed by atoms with E-state index in [1.54, 1.807) is 0 Å². The van der Waals surface area contributed by atoms with Crippen molar-refractivity contribution >= 4 is 5.96 Å². The molecule has 1 saturated heterocycles. The van der Waals surface area contributed by atoms with E-state index in [-0.39, 0.29) is 0 Å². The van der Waals surface area contributed by atoms with Gasteiger partial charge in [0.25, 0.3) is 0 Å². The molecule has 2 unspecified atom stereocenters. The average Bonchev–Trinajstić information content (AvgIpc) is 2.79. The monoisotopic (exact) mass is 437 g/mol. The molecule has 1 aliphatic heterocycles. The van der Waals surface area contributed by atoms with E-state index in [0.717, 1.165) is 44.2 Å². The Balaban J connectivity index is 1.44. The molecule has 2 N–H and O–H groups in total. The Morgan fingerprint density at radius 1 is 1.12 bits per heavy atom. The zero-order valence-corrected chi connectivity index (χ0v) is 20.1. The standard InChI is InChI=1S/C26H39N5O/c1-21-17-24(13-14-31(21)20-22-9-6-5-7-10-22)29-26(27-2)28-19-23-11-8-12-25(18-23)32-16-15-30(3)4/h5-12,18,21,24H,13-17,19-20H2,1-4H3,(H2,27,28,29). The molecule has 0 amide bonds. The number of nitrogens with one attached hydrogen (secondary N) is 2. The number of nitrogens with zero attached hydrogens (tertiary/aromatic N) is 3. The van der Waals surface area contributed by atoms with Crippen molar-refractivity contribution in [2.45, 2.75) is 44.9 Å². The van der Waals surface area contributed by atoms with Gasteiger partial charge >= 0.3 is 0 Å². The van der Waals surface area contributed by atoms with Crippen LogP contribution in [0.25, 0.3) is 0 Å². The number of hydrogen-bond donors (Lipinski definition) is 2. The zero-order chi connectivity index (χ0) is 22.8. The Kier molecular flexibility index (Phi) is 9.38.